The summed E-state index contributed by atoms with van der Waals surface area (Å²) in [6.07, 6.45) is 1.81. The Labute approximate surface area is 116 Å². The van der Waals surface area contributed by atoms with Gasteiger partial charge < -0.3 is 9.99 Å². The molecule has 0 aromatic carbocycles. The molecule has 0 fully saturated rings. The fourth-order valence-electron chi connectivity index (χ4n) is 1.50. The lowest BCUT2D eigenvalue weighted by Crippen LogP contribution is -2.10. The molecule has 0 saturated heterocycles. The Morgan fingerprint density at radius 2 is 2.16 bits per heavy atom. The van der Waals surface area contributed by atoms with Crippen molar-refractivity contribution >= 4 is 17.6 Å². The molecule has 102 valence electrons. The Morgan fingerprint density at radius 3 is 2.74 bits per heavy atom. The lowest BCUT2D eigenvalue weighted by molar-refractivity contribution is 0.761. The van der Waals surface area contributed by atoms with Crippen LogP contribution in [-0.2, 0) is 13.5 Å². The van der Waals surface area contributed by atoms with Crippen molar-refractivity contribution in [3.63, 3.8) is 0 Å². The lowest BCUT2D eigenvalue weighted by Gasteiger charge is -2.06. The molecule has 8 heteroatoms. The van der Waals surface area contributed by atoms with Crippen molar-refractivity contribution in [3.8, 4) is 0 Å². The molecule has 0 saturated carbocycles. The van der Waals surface area contributed by atoms with Crippen LogP contribution in [0.15, 0.2) is 16.2 Å². The Kier molecular flexibility index (Phi) is 4.33. The SMILES string of the molecule is CCCc1nc(NN)cc(Sc2nnc(C)n2C)n1. The average molecular weight is 279 g/mol. The largest absolute Gasteiger partial charge is 0.309 e. The highest BCUT2D eigenvalue weighted by Crippen LogP contribution is 2.25. The molecule has 0 radical (unpaired) electrons. The van der Waals surface area contributed by atoms with E-state index in [1.54, 1.807) is 6.07 Å². The molecule has 0 aliphatic carbocycles. The molecule has 19 heavy (non-hydrogen) atoms. The van der Waals surface area contributed by atoms with E-state index < -0.39 is 0 Å². The number of hydrogen-bond donors (Lipinski definition) is 2. The van der Waals surface area contributed by atoms with Crippen LogP contribution in [0, 0.1) is 6.92 Å². The second kappa shape index (κ2) is 5.98. The van der Waals surface area contributed by atoms with Gasteiger partial charge in [-0.05, 0) is 25.1 Å². The number of rotatable bonds is 5. The van der Waals surface area contributed by atoms with Gasteiger partial charge in [0.2, 0.25) is 0 Å². The zero-order chi connectivity index (χ0) is 13.8. The molecular formula is C11H17N7S. The third-order valence-electron chi connectivity index (χ3n) is 2.62. The minimum atomic E-state index is 0.611. The summed E-state index contributed by atoms with van der Waals surface area (Å²) < 4.78 is 1.92. The minimum Gasteiger partial charge on any atom is -0.309 e. The van der Waals surface area contributed by atoms with Gasteiger partial charge in [-0.15, -0.1) is 10.2 Å². The minimum absolute atomic E-state index is 0.611. The molecule has 7 nitrogen and oxygen atoms in total. The number of hydrazine groups is 1. The maximum Gasteiger partial charge on any atom is 0.197 e. The number of aromatic nitrogens is 5. The zero-order valence-electron chi connectivity index (χ0n) is 11.2. The molecule has 0 aliphatic rings. The number of nitrogens with one attached hydrogen (secondary N) is 1. The summed E-state index contributed by atoms with van der Waals surface area (Å²) in [5.41, 5.74) is 2.56. The Balaban J connectivity index is 2.28. The van der Waals surface area contributed by atoms with Crippen LogP contribution in [0.4, 0.5) is 5.82 Å². The van der Waals surface area contributed by atoms with Gasteiger partial charge in [0.1, 0.15) is 22.5 Å². The fraction of sp³-hybridized carbons (Fsp3) is 0.455. The summed E-state index contributed by atoms with van der Waals surface area (Å²) in [5.74, 6) is 7.68. The highest BCUT2D eigenvalue weighted by molar-refractivity contribution is 7.99. The Hall–Kier alpha value is -1.67. The predicted octanol–water partition coefficient (Wildman–Crippen LogP) is 1.30. The van der Waals surface area contributed by atoms with Crippen LogP contribution in [0.25, 0.3) is 0 Å². The van der Waals surface area contributed by atoms with Crippen molar-refractivity contribution in [2.45, 2.75) is 36.9 Å². The number of anilines is 1. The number of hydrogen-bond acceptors (Lipinski definition) is 7. The van der Waals surface area contributed by atoms with Crippen molar-refractivity contribution in [3.05, 3.63) is 17.7 Å². The van der Waals surface area contributed by atoms with Gasteiger partial charge in [-0.1, -0.05) is 6.92 Å². The molecular weight excluding hydrogens is 262 g/mol. The second-order valence-corrected chi connectivity index (χ2v) is 5.08. The third kappa shape index (κ3) is 3.21. The van der Waals surface area contributed by atoms with E-state index in [0.29, 0.717) is 5.82 Å². The van der Waals surface area contributed by atoms with Crippen LogP contribution in [0.1, 0.15) is 25.0 Å². The summed E-state index contributed by atoms with van der Waals surface area (Å²) in [4.78, 5) is 8.80. The highest BCUT2D eigenvalue weighted by atomic mass is 32.2. The number of nitrogens with zero attached hydrogens (tertiary/aromatic N) is 5. The summed E-state index contributed by atoms with van der Waals surface area (Å²) in [6, 6.07) is 1.80. The molecule has 0 atom stereocenters. The molecule has 0 aliphatic heterocycles. The molecule has 2 heterocycles. The summed E-state index contributed by atoms with van der Waals surface area (Å²) in [7, 11) is 1.92. The van der Waals surface area contributed by atoms with Gasteiger partial charge in [-0.2, -0.15) is 0 Å². The van der Waals surface area contributed by atoms with Crippen LogP contribution in [-0.4, -0.2) is 24.7 Å². The summed E-state index contributed by atoms with van der Waals surface area (Å²) >= 11 is 1.45. The molecule has 2 rings (SSSR count). The molecule has 0 unspecified atom stereocenters. The fourth-order valence-corrected chi connectivity index (χ4v) is 2.36. The van der Waals surface area contributed by atoms with E-state index in [2.05, 4.69) is 32.5 Å². The molecule has 2 aromatic rings. The van der Waals surface area contributed by atoms with Gasteiger partial charge >= 0.3 is 0 Å². The topological polar surface area (TPSA) is 94.5 Å². The van der Waals surface area contributed by atoms with Crippen LogP contribution < -0.4 is 11.3 Å². The van der Waals surface area contributed by atoms with E-state index in [1.165, 1.54) is 11.8 Å². The van der Waals surface area contributed by atoms with E-state index in [4.69, 9.17) is 5.84 Å². The van der Waals surface area contributed by atoms with E-state index >= 15 is 0 Å². The first-order chi connectivity index (χ1) is 9.13. The van der Waals surface area contributed by atoms with E-state index in [1.807, 2.05) is 18.5 Å². The van der Waals surface area contributed by atoms with Crippen molar-refractivity contribution < 1.29 is 0 Å². The van der Waals surface area contributed by atoms with Gasteiger partial charge in [0.15, 0.2) is 5.16 Å². The molecule has 0 amide bonds. The van der Waals surface area contributed by atoms with Gasteiger partial charge in [-0.3, -0.25) is 0 Å². The van der Waals surface area contributed by atoms with Crippen LogP contribution in [0.2, 0.25) is 0 Å². The first-order valence-electron chi connectivity index (χ1n) is 6.02. The second-order valence-electron chi connectivity index (χ2n) is 4.09. The van der Waals surface area contributed by atoms with Crippen molar-refractivity contribution in [1.82, 2.24) is 24.7 Å². The zero-order valence-corrected chi connectivity index (χ0v) is 12.0. The first-order valence-corrected chi connectivity index (χ1v) is 6.84. The lowest BCUT2D eigenvalue weighted by atomic mass is 10.3. The normalized spacial score (nSPS) is 10.7. The predicted molar refractivity (Wildman–Crippen MR) is 73.7 cm³/mol. The van der Waals surface area contributed by atoms with E-state index in [-0.39, 0.29) is 0 Å². The van der Waals surface area contributed by atoms with E-state index in [9.17, 15) is 0 Å². The smallest absolute Gasteiger partial charge is 0.197 e. The molecule has 3 N–H and O–H groups in total. The van der Waals surface area contributed by atoms with Crippen molar-refractivity contribution in [2.75, 3.05) is 5.43 Å². The standard InChI is InChI=1S/C11H17N7S/c1-4-5-8-13-9(15-12)6-10(14-8)19-11-17-16-7(2)18(11)3/h6H,4-5,12H2,1-3H3,(H,13,14,15). The summed E-state index contributed by atoms with van der Waals surface area (Å²) in [6.45, 7) is 4.00. The molecule has 0 bridgehead atoms. The van der Waals surface area contributed by atoms with Crippen molar-refractivity contribution in [2.24, 2.45) is 12.9 Å². The Bertz CT molecular complexity index is 566. The van der Waals surface area contributed by atoms with Crippen molar-refractivity contribution in [1.29, 1.82) is 0 Å². The van der Waals surface area contributed by atoms with Crippen LogP contribution in [0.3, 0.4) is 0 Å². The van der Waals surface area contributed by atoms with Gasteiger partial charge in [0.25, 0.3) is 0 Å². The number of nitrogen functional groups attached to an aromatic ring is 1. The van der Waals surface area contributed by atoms with Gasteiger partial charge in [0.05, 0.1) is 0 Å². The Morgan fingerprint density at radius 1 is 1.37 bits per heavy atom. The highest BCUT2D eigenvalue weighted by Gasteiger charge is 2.10. The maximum absolute atomic E-state index is 5.43. The van der Waals surface area contributed by atoms with Gasteiger partial charge in [-0.25, -0.2) is 15.8 Å². The number of nitrogens with two attached hydrogens (primary N) is 1. The molecule has 0 spiro atoms. The van der Waals surface area contributed by atoms with Crippen LogP contribution >= 0.6 is 11.8 Å². The number of aryl methyl sites for hydroxylation is 2. The third-order valence-corrected chi connectivity index (χ3v) is 3.58. The van der Waals surface area contributed by atoms with E-state index in [0.717, 1.165) is 34.7 Å². The maximum atomic E-state index is 5.43. The quantitative estimate of drug-likeness (QED) is 0.484. The first kappa shape index (κ1) is 13.8. The molecule has 2 aromatic heterocycles. The average Bonchev–Trinajstić information content (AvgIpc) is 2.71. The van der Waals surface area contributed by atoms with Gasteiger partial charge in [0, 0.05) is 19.5 Å². The monoisotopic (exact) mass is 279 g/mol. The van der Waals surface area contributed by atoms with Crippen LogP contribution in [0.5, 0.6) is 0 Å². The summed E-state index contributed by atoms with van der Waals surface area (Å²) in [5, 5.41) is 9.73.